The first-order valence-corrected chi connectivity index (χ1v) is 8.55. The van der Waals surface area contributed by atoms with Crippen LogP contribution in [-0.2, 0) is 0 Å². The van der Waals surface area contributed by atoms with Gasteiger partial charge in [-0.05, 0) is 18.6 Å². The van der Waals surface area contributed by atoms with Crippen LogP contribution >= 0.6 is 11.6 Å². The van der Waals surface area contributed by atoms with Crippen molar-refractivity contribution < 1.29 is 27.1 Å². The van der Waals surface area contributed by atoms with E-state index in [9.17, 15) is 22.4 Å². The van der Waals surface area contributed by atoms with E-state index in [0.29, 0.717) is 11.3 Å². The van der Waals surface area contributed by atoms with Crippen LogP contribution in [0.2, 0.25) is 5.15 Å². The molecular weight excluding hydrogens is 404 g/mol. The Balaban J connectivity index is 1.82. The third-order valence-corrected chi connectivity index (χ3v) is 5.25. The SMILES string of the molecule is O=C1N[C@@H]2C[C@H](c3c1ccc(F)c3OC(F)F)c1c2nn2cc(F)c(Cl)nc12. The number of hydrogen-bond donors (Lipinski definition) is 1. The van der Waals surface area contributed by atoms with Crippen LogP contribution in [0.25, 0.3) is 5.65 Å². The Morgan fingerprint density at radius 2 is 2.04 bits per heavy atom. The van der Waals surface area contributed by atoms with Crippen LogP contribution in [0.5, 0.6) is 5.75 Å². The molecule has 1 amide bonds. The summed E-state index contributed by atoms with van der Waals surface area (Å²) in [6.07, 6.45) is 1.27. The highest BCUT2D eigenvalue weighted by atomic mass is 35.5. The lowest BCUT2D eigenvalue weighted by Crippen LogP contribution is -2.27. The molecule has 5 rings (SSSR count). The molecule has 2 atom stereocenters. The molecule has 2 bridgehead atoms. The topological polar surface area (TPSA) is 68.5 Å². The van der Waals surface area contributed by atoms with Gasteiger partial charge < -0.3 is 10.1 Å². The summed E-state index contributed by atoms with van der Waals surface area (Å²) in [5, 5.41) is 6.61. The molecule has 6 nitrogen and oxygen atoms in total. The van der Waals surface area contributed by atoms with Crippen LogP contribution in [0, 0.1) is 11.6 Å². The minimum atomic E-state index is -3.28. The van der Waals surface area contributed by atoms with Gasteiger partial charge in [-0.1, -0.05) is 11.6 Å². The van der Waals surface area contributed by atoms with E-state index in [1.165, 1.54) is 6.07 Å². The number of amides is 1. The number of nitrogens with one attached hydrogen (secondary N) is 1. The van der Waals surface area contributed by atoms with Crippen LogP contribution in [-0.4, -0.2) is 27.1 Å². The molecule has 0 saturated carbocycles. The zero-order chi connectivity index (χ0) is 19.7. The molecular formula is C17H9ClF4N4O2. The lowest BCUT2D eigenvalue weighted by molar-refractivity contribution is -0.0529. The molecule has 0 radical (unpaired) electrons. The van der Waals surface area contributed by atoms with Gasteiger partial charge in [-0.15, -0.1) is 0 Å². The quantitative estimate of drug-likeness (QED) is 0.516. The first-order chi connectivity index (χ1) is 13.3. The zero-order valence-electron chi connectivity index (χ0n) is 13.7. The summed E-state index contributed by atoms with van der Waals surface area (Å²) in [4.78, 5) is 16.6. The Labute approximate surface area is 159 Å². The number of aromatic nitrogens is 3. The largest absolute Gasteiger partial charge is 0.431 e. The number of nitrogens with zero attached hydrogens (tertiary/aromatic N) is 3. The number of benzene rings is 1. The summed E-state index contributed by atoms with van der Waals surface area (Å²) in [5.74, 6) is -3.80. The van der Waals surface area contributed by atoms with Gasteiger partial charge in [0.1, 0.15) is 0 Å². The van der Waals surface area contributed by atoms with Crippen molar-refractivity contribution in [2.75, 3.05) is 0 Å². The number of hydrogen-bond acceptors (Lipinski definition) is 4. The van der Waals surface area contributed by atoms with E-state index in [1.54, 1.807) is 0 Å². The number of rotatable bonds is 2. The maximum absolute atomic E-state index is 14.4. The van der Waals surface area contributed by atoms with Crippen LogP contribution < -0.4 is 10.1 Å². The third kappa shape index (κ3) is 2.30. The van der Waals surface area contributed by atoms with E-state index >= 15 is 0 Å². The van der Waals surface area contributed by atoms with Gasteiger partial charge in [0.15, 0.2) is 28.2 Å². The summed E-state index contributed by atoms with van der Waals surface area (Å²) in [6.45, 7) is -3.28. The average molecular weight is 413 g/mol. The highest BCUT2D eigenvalue weighted by Gasteiger charge is 2.44. The Hall–Kier alpha value is -2.88. The fraction of sp³-hybridized carbons (Fsp3) is 0.235. The van der Waals surface area contributed by atoms with E-state index in [4.69, 9.17) is 11.6 Å². The summed E-state index contributed by atoms with van der Waals surface area (Å²) in [7, 11) is 0. The average Bonchev–Trinajstić information content (AvgIpc) is 3.09. The Morgan fingerprint density at radius 1 is 1.25 bits per heavy atom. The Morgan fingerprint density at radius 3 is 2.79 bits per heavy atom. The van der Waals surface area contributed by atoms with Gasteiger partial charge in [0, 0.05) is 22.6 Å². The minimum Gasteiger partial charge on any atom is -0.431 e. The Kier molecular flexibility index (Phi) is 3.57. The van der Waals surface area contributed by atoms with Crippen LogP contribution in [0.15, 0.2) is 18.3 Å². The van der Waals surface area contributed by atoms with Crippen molar-refractivity contribution in [1.82, 2.24) is 19.9 Å². The van der Waals surface area contributed by atoms with E-state index in [2.05, 4.69) is 20.1 Å². The van der Waals surface area contributed by atoms with Crippen molar-refractivity contribution in [2.45, 2.75) is 25.0 Å². The predicted octanol–water partition coefficient (Wildman–Crippen LogP) is 3.58. The molecule has 0 saturated heterocycles. The van der Waals surface area contributed by atoms with E-state index < -0.39 is 41.9 Å². The van der Waals surface area contributed by atoms with Crippen molar-refractivity contribution in [1.29, 1.82) is 0 Å². The van der Waals surface area contributed by atoms with Crippen molar-refractivity contribution in [2.24, 2.45) is 0 Å². The van der Waals surface area contributed by atoms with Gasteiger partial charge in [0.05, 0.1) is 17.9 Å². The molecule has 1 N–H and O–H groups in total. The van der Waals surface area contributed by atoms with Gasteiger partial charge in [0.2, 0.25) is 0 Å². The van der Waals surface area contributed by atoms with Gasteiger partial charge in [-0.3, -0.25) is 4.79 Å². The lowest BCUT2D eigenvalue weighted by Gasteiger charge is -2.19. The summed E-state index contributed by atoms with van der Waals surface area (Å²) < 4.78 is 59.5. The molecule has 2 aromatic heterocycles. The smallest absolute Gasteiger partial charge is 0.387 e. The van der Waals surface area contributed by atoms with E-state index in [1.807, 2.05) is 0 Å². The van der Waals surface area contributed by atoms with Crippen LogP contribution in [0.3, 0.4) is 0 Å². The highest BCUT2D eigenvalue weighted by Crippen LogP contribution is 2.51. The molecule has 1 aromatic carbocycles. The fourth-order valence-corrected chi connectivity index (χ4v) is 4.10. The third-order valence-electron chi connectivity index (χ3n) is 4.99. The normalized spacial score (nSPS) is 20.1. The summed E-state index contributed by atoms with van der Waals surface area (Å²) >= 11 is 5.79. The predicted molar refractivity (Wildman–Crippen MR) is 87.7 cm³/mol. The molecule has 11 heteroatoms. The molecule has 2 aliphatic rings. The molecule has 3 heterocycles. The van der Waals surface area contributed by atoms with Crippen LogP contribution in [0.4, 0.5) is 17.6 Å². The first kappa shape index (κ1) is 17.2. The maximum atomic E-state index is 14.4. The Bertz CT molecular complexity index is 1170. The van der Waals surface area contributed by atoms with E-state index in [-0.39, 0.29) is 28.3 Å². The molecule has 0 spiro atoms. The molecule has 3 aromatic rings. The minimum absolute atomic E-state index is 0.0164. The second-order valence-corrected chi connectivity index (χ2v) is 6.84. The number of halogens is 5. The number of fused-ring (bicyclic) bond motifs is 9. The standard InChI is InChI=1S/C17H9ClF4N4O2/c18-14-8(20)4-26-15(24-14)11-6-3-9(12(11)25-26)23-16(27)5-1-2-7(19)13(10(5)6)28-17(21)22/h1-2,4,6,9,17H,3H2,(H,23,27)/t6-,9-/m1/s1. The van der Waals surface area contributed by atoms with Crippen LogP contribution in [0.1, 0.15) is 45.6 Å². The molecule has 0 fully saturated rings. The first-order valence-electron chi connectivity index (χ1n) is 8.17. The van der Waals surface area contributed by atoms with Gasteiger partial charge in [-0.2, -0.15) is 13.9 Å². The second kappa shape index (κ2) is 5.81. The molecule has 144 valence electrons. The molecule has 1 aliphatic heterocycles. The second-order valence-electron chi connectivity index (χ2n) is 6.48. The summed E-state index contributed by atoms with van der Waals surface area (Å²) in [5.41, 5.74) is 1.05. The van der Waals surface area contributed by atoms with Crippen molar-refractivity contribution in [3.63, 3.8) is 0 Å². The monoisotopic (exact) mass is 412 g/mol. The van der Waals surface area contributed by atoms with Crippen molar-refractivity contribution in [3.8, 4) is 5.75 Å². The van der Waals surface area contributed by atoms with Crippen molar-refractivity contribution >= 4 is 23.2 Å². The number of carbonyl (C=O) groups is 1. The number of ether oxygens (including phenoxy) is 1. The van der Waals surface area contributed by atoms with E-state index in [0.717, 1.165) is 16.8 Å². The highest BCUT2D eigenvalue weighted by molar-refractivity contribution is 6.29. The molecule has 28 heavy (non-hydrogen) atoms. The molecule has 0 unspecified atom stereocenters. The lowest BCUT2D eigenvalue weighted by atomic mass is 9.89. The van der Waals surface area contributed by atoms with Gasteiger partial charge in [-0.25, -0.2) is 18.3 Å². The van der Waals surface area contributed by atoms with Gasteiger partial charge >= 0.3 is 6.61 Å². The zero-order valence-corrected chi connectivity index (χ0v) is 14.5. The number of carbonyl (C=O) groups excluding carboxylic acids is 1. The van der Waals surface area contributed by atoms with Gasteiger partial charge in [0.25, 0.3) is 5.91 Å². The number of alkyl halides is 2. The fourth-order valence-electron chi connectivity index (χ4n) is 3.97. The molecule has 1 aliphatic carbocycles. The maximum Gasteiger partial charge on any atom is 0.387 e. The van der Waals surface area contributed by atoms with Crippen molar-refractivity contribution in [3.05, 3.63) is 57.5 Å². The summed E-state index contributed by atoms with van der Waals surface area (Å²) in [6, 6.07) is 1.53.